The van der Waals surface area contributed by atoms with Crippen LogP contribution in [-0.4, -0.2) is 53.6 Å². The minimum atomic E-state index is -0.957. The van der Waals surface area contributed by atoms with Gasteiger partial charge >= 0.3 is 5.97 Å². The molecule has 0 saturated heterocycles. The van der Waals surface area contributed by atoms with Gasteiger partial charge in [-0.1, -0.05) is 0 Å². The normalized spacial score (nSPS) is 11.9. The summed E-state index contributed by atoms with van der Waals surface area (Å²) in [6.07, 6.45) is 1.54. The van der Waals surface area contributed by atoms with Crippen LogP contribution >= 0.6 is 24.2 Å². The number of aliphatic carboxylic acids is 1. The maximum absolute atomic E-state index is 10.4. The van der Waals surface area contributed by atoms with Crippen molar-refractivity contribution in [1.82, 2.24) is 0 Å². The van der Waals surface area contributed by atoms with E-state index in [0.717, 1.165) is 12.2 Å². The van der Waals surface area contributed by atoms with Crippen LogP contribution in [0.3, 0.4) is 0 Å². The van der Waals surface area contributed by atoms with Gasteiger partial charge in [-0.3, -0.25) is 4.79 Å². The van der Waals surface area contributed by atoms with E-state index >= 15 is 0 Å². The van der Waals surface area contributed by atoms with Crippen molar-refractivity contribution in [2.45, 2.75) is 18.9 Å². The van der Waals surface area contributed by atoms with Gasteiger partial charge < -0.3 is 20.7 Å². The highest BCUT2D eigenvalue weighted by Crippen LogP contribution is 2.04. The molecule has 1 atom stereocenters. The minimum absolute atomic E-state index is 0. The lowest BCUT2D eigenvalue weighted by molar-refractivity contribution is -0.137. The number of hydrogen-bond acceptors (Lipinski definition) is 5. The average Bonchev–Trinajstić information content (AvgIpc) is 2.21. The number of carboxylic acids is 1. The zero-order valence-corrected chi connectivity index (χ0v) is 10.8. The molecule has 98 valence electrons. The number of aliphatic hydroxyl groups excluding tert-OH is 1. The van der Waals surface area contributed by atoms with Gasteiger partial charge in [0.15, 0.2) is 0 Å². The van der Waals surface area contributed by atoms with Crippen molar-refractivity contribution < 1.29 is 19.7 Å². The Hall–Kier alpha value is -0.0100. The summed E-state index contributed by atoms with van der Waals surface area (Å²) in [5, 5.41) is 17.0. The molecule has 4 N–H and O–H groups in total. The molecule has 0 aromatic heterocycles. The molecule has 0 bridgehead atoms. The second kappa shape index (κ2) is 13.1. The molecule has 5 nitrogen and oxygen atoms in total. The number of nitrogens with two attached hydrogens (primary N) is 1. The van der Waals surface area contributed by atoms with Gasteiger partial charge in [0.25, 0.3) is 0 Å². The van der Waals surface area contributed by atoms with E-state index in [4.69, 9.17) is 20.7 Å². The Morgan fingerprint density at radius 3 is 2.56 bits per heavy atom. The van der Waals surface area contributed by atoms with Gasteiger partial charge in [0.1, 0.15) is 6.04 Å². The van der Waals surface area contributed by atoms with Crippen LogP contribution in [0.5, 0.6) is 0 Å². The van der Waals surface area contributed by atoms with Crippen molar-refractivity contribution in [2.24, 2.45) is 5.73 Å². The summed E-state index contributed by atoms with van der Waals surface area (Å²) in [6, 6.07) is -0.773. The van der Waals surface area contributed by atoms with Gasteiger partial charge in [-0.2, -0.15) is 11.8 Å². The van der Waals surface area contributed by atoms with Crippen LogP contribution in [-0.2, 0) is 9.53 Å². The zero-order valence-electron chi connectivity index (χ0n) is 9.13. The number of ether oxygens (including phenoxy) is 1. The van der Waals surface area contributed by atoms with Crippen molar-refractivity contribution >= 4 is 30.1 Å². The Balaban J connectivity index is 0. The van der Waals surface area contributed by atoms with E-state index in [2.05, 4.69) is 0 Å². The number of thioether (sulfide) groups is 1. The monoisotopic (exact) mass is 273 g/mol. The Labute approximate surface area is 106 Å². The number of rotatable bonds is 10. The van der Waals surface area contributed by atoms with Crippen molar-refractivity contribution in [3.05, 3.63) is 0 Å². The maximum atomic E-state index is 10.4. The number of hydrogen-bond donors (Lipinski definition) is 3. The largest absolute Gasteiger partial charge is 0.480 e. The number of aliphatic hydroxyl groups is 1. The van der Waals surface area contributed by atoms with Crippen LogP contribution in [0.2, 0.25) is 0 Å². The smallest absolute Gasteiger partial charge is 0.321 e. The highest BCUT2D eigenvalue weighted by Gasteiger charge is 2.10. The first-order valence-corrected chi connectivity index (χ1v) is 6.08. The first-order chi connectivity index (χ1) is 7.18. The van der Waals surface area contributed by atoms with Crippen molar-refractivity contribution in [1.29, 1.82) is 0 Å². The Bertz CT molecular complexity index is 174. The molecule has 0 aromatic carbocycles. The summed E-state index contributed by atoms with van der Waals surface area (Å²) in [4.78, 5) is 10.4. The van der Waals surface area contributed by atoms with Gasteiger partial charge in [0, 0.05) is 25.6 Å². The van der Waals surface area contributed by atoms with Gasteiger partial charge in [0.2, 0.25) is 0 Å². The molecule has 7 heteroatoms. The summed E-state index contributed by atoms with van der Waals surface area (Å²) in [5.41, 5.74) is 5.32. The van der Waals surface area contributed by atoms with E-state index in [9.17, 15) is 4.79 Å². The lowest BCUT2D eigenvalue weighted by Gasteiger charge is -2.06. The van der Waals surface area contributed by atoms with Crippen molar-refractivity contribution in [3.8, 4) is 0 Å². The van der Waals surface area contributed by atoms with Gasteiger partial charge in [-0.25, -0.2) is 0 Å². The molecule has 0 heterocycles. The van der Waals surface area contributed by atoms with Crippen molar-refractivity contribution in [2.75, 3.05) is 31.3 Å². The van der Waals surface area contributed by atoms with Crippen LogP contribution in [0.15, 0.2) is 0 Å². The van der Waals surface area contributed by atoms with Gasteiger partial charge in [-0.15, -0.1) is 12.4 Å². The molecular formula is C9H20ClNO4S. The molecular weight excluding hydrogens is 254 g/mol. The first kappa shape index (κ1) is 18.4. The van der Waals surface area contributed by atoms with Crippen LogP contribution in [0.25, 0.3) is 0 Å². The van der Waals surface area contributed by atoms with Gasteiger partial charge in [-0.05, 0) is 18.6 Å². The molecule has 0 spiro atoms. The van der Waals surface area contributed by atoms with Gasteiger partial charge in [0.05, 0.1) is 0 Å². The summed E-state index contributed by atoms with van der Waals surface area (Å²) < 4.78 is 5.21. The van der Waals surface area contributed by atoms with Crippen LogP contribution < -0.4 is 5.73 Å². The van der Waals surface area contributed by atoms with E-state index < -0.39 is 12.0 Å². The van der Waals surface area contributed by atoms with E-state index in [-0.39, 0.29) is 19.0 Å². The SMILES string of the molecule is Cl.N[C@@H](CSCCCOCCCO)C(=O)O. The molecule has 0 amide bonds. The third kappa shape index (κ3) is 12.1. The predicted molar refractivity (Wildman–Crippen MR) is 67.3 cm³/mol. The molecule has 0 fully saturated rings. The first-order valence-electron chi connectivity index (χ1n) is 4.93. The third-order valence-corrected chi connectivity index (χ3v) is 2.81. The van der Waals surface area contributed by atoms with Crippen molar-refractivity contribution in [3.63, 3.8) is 0 Å². The second-order valence-corrected chi connectivity index (χ2v) is 4.21. The zero-order chi connectivity index (χ0) is 11.5. The summed E-state index contributed by atoms with van der Waals surface area (Å²) in [6.45, 7) is 1.38. The fourth-order valence-electron chi connectivity index (χ4n) is 0.813. The summed E-state index contributed by atoms with van der Waals surface area (Å²) in [7, 11) is 0. The highest BCUT2D eigenvalue weighted by molar-refractivity contribution is 7.99. The summed E-state index contributed by atoms with van der Waals surface area (Å²) in [5.74, 6) is 0.327. The quantitative estimate of drug-likeness (QED) is 0.497. The fraction of sp³-hybridized carbons (Fsp3) is 0.889. The molecule has 0 unspecified atom stereocenters. The second-order valence-electron chi connectivity index (χ2n) is 3.06. The molecule has 0 saturated carbocycles. The van der Waals surface area contributed by atoms with E-state index in [1.54, 1.807) is 0 Å². The topological polar surface area (TPSA) is 92.8 Å². The van der Waals surface area contributed by atoms with E-state index in [1.165, 1.54) is 11.8 Å². The Morgan fingerprint density at radius 2 is 2.00 bits per heavy atom. The number of halogens is 1. The minimum Gasteiger partial charge on any atom is -0.480 e. The highest BCUT2D eigenvalue weighted by atomic mass is 35.5. The van der Waals surface area contributed by atoms with Crippen LogP contribution in [0.4, 0.5) is 0 Å². The molecule has 0 radical (unpaired) electrons. The standard InChI is InChI=1S/C9H19NO4S.ClH/c10-8(9(12)13)7-15-6-2-5-14-4-1-3-11;/h8,11H,1-7,10H2,(H,12,13);1H/t8-;/m0./s1. The average molecular weight is 274 g/mol. The number of carboxylic acid groups (broad SMARTS) is 1. The van der Waals surface area contributed by atoms with Crippen LogP contribution in [0, 0.1) is 0 Å². The molecule has 0 aliphatic rings. The predicted octanol–water partition coefficient (Wildman–Crippen LogP) is 0.342. The molecule has 16 heavy (non-hydrogen) atoms. The molecule has 0 rings (SSSR count). The fourth-order valence-corrected chi connectivity index (χ4v) is 1.70. The van der Waals surface area contributed by atoms with E-state index in [1.807, 2.05) is 0 Å². The Kier molecular flexibility index (Phi) is 15.0. The van der Waals surface area contributed by atoms with Crippen LogP contribution in [0.1, 0.15) is 12.8 Å². The maximum Gasteiger partial charge on any atom is 0.321 e. The lowest BCUT2D eigenvalue weighted by Crippen LogP contribution is -2.32. The Morgan fingerprint density at radius 1 is 1.38 bits per heavy atom. The number of carbonyl (C=O) groups is 1. The van der Waals surface area contributed by atoms with E-state index in [0.29, 0.717) is 25.4 Å². The third-order valence-electron chi connectivity index (χ3n) is 1.64. The molecule has 0 aliphatic heterocycles. The molecule has 0 aliphatic carbocycles. The lowest BCUT2D eigenvalue weighted by atomic mass is 10.4. The molecule has 0 aromatic rings. The summed E-state index contributed by atoms with van der Waals surface area (Å²) >= 11 is 1.52.